The molecule has 8 heteroatoms. The first kappa shape index (κ1) is 19.2. The number of amides is 1. The van der Waals surface area contributed by atoms with E-state index in [0.717, 1.165) is 35.6 Å². The molecule has 2 aliphatic heterocycles. The zero-order valence-electron chi connectivity index (χ0n) is 17.2. The highest BCUT2D eigenvalue weighted by Crippen LogP contribution is 2.39. The van der Waals surface area contributed by atoms with E-state index in [9.17, 15) is 9.18 Å². The predicted octanol–water partition coefficient (Wildman–Crippen LogP) is 4.76. The lowest BCUT2D eigenvalue weighted by atomic mass is 10.1. The first-order chi connectivity index (χ1) is 15.7. The molecule has 160 valence electrons. The second kappa shape index (κ2) is 7.56. The highest BCUT2D eigenvalue weighted by Gasteiger charge is 2.37. The van der Waals surface area contributed by atoms with Gasteiger partial charge in [-0.1, -0.05) is 18.2 Å². The van der Waals surface area contributed by atoms with Crippen LogP contribution in [0.4, 0.5) is 15.8 Å². The summed E-state index contributed by atoms with van der Waals surface area (Å²) in [7, 11) is 0. The van der Waals surface area contributed by atoms with Crippen LogP contribution in [0.2, 0.25) is 0 Å². The van der Waals surface area contributed by atoms with Gasteiger partial charge in [-0.15, -0.1) is 16.4 Å². The van der Waals surface area contributed by atoms with Crippen molar-refractivity contribution in [1.82, 2.24) is 14.8 Å². The molecule has 6 rings (SSSR count). The van der Waals surface area contributed by atoms with Crippen LogP contribution in [-0.2, 0) is 0 Å². The Morgan fingerprint density at radius 1 is 1.03 bits per heavy atom. The van der Waals surface area contributed by atoms with Crippen LogP contribution >= 0.6 is 11.3 Å². The molecule has 2 aromatic heterocycles. The van der Waals surface area contributed by atoms with Gasteiger partial charge in [0.2, 0.25) is 5.82 Å². The molecule has 0 aliphatic carbocycles. The van der Waals surface area contributed by atoms with Gasteiger partial charge in [0.1, 0.15) is 5.82 Å². The Morgan fingerprint density at radius 3 is 2.62 bits per heavy atom. The van der Waals surface area contributed by atoms with Crippen LogP contribution in [-0.4, -0.2) is 39.8 Å². The van der Waals surface area contributed by atoms with Crippen molar-refractivity contribution in [3.8, 4) is 16.4 Å². The van der Waals surface area contributed by atoms with Crippen LogP contribution in [0.3, 0.4) is 0 Å². The molecule has 0 radical (unpaired) electrons. The molecule has 1 amide bonds. The molecular weight excluding hydrogens is 425 g/mol. The van der Waals surface area contributed by atoms with Crippen molar-refractivity contribution < 1.29 is 9.18 Å². The van der Waals surface area contributed by atoms with Gasteiger partial charge in [0.25, 0.3) is 5.91 Å². The number of nitrogens with zero attached hydrogens (tertiary/aromatic N) is 5. The Bertz CT molecular complexity index is 1280. The number of aromatic nitrogens is 3. The third kappa shape index (κ3) is 3.10. The monoisotopic (exact) mass is 445 g/mol. The van der Waals surface area contributed by atoms with Crippen molar-refractivity contribution in [2.45, 2.75) is 18.9 Å². The molecule has 32 heavy (non-hydrogen) atoms. The van der Waals surface area contributed by atoms with Gasteiger partial charge in [-0.25, -0.2) is 14.1 Å². The topological polar surface area (TPSA) is 54.3 Å². The van der Waals surface area contributed by atoms with Crippen LogP contribution in [0.1, 0.15) is 23.5 Å². The van der Waals surface area contributed by atoms with Crippen molar-refractivity contribution in [2.75, 3.05) is 22.9 Å². The predicted molar refractivity (Wildman–Crippen MR) is 123 cm³/mol. The first-order valence-corrected chi connectivity index (χ1v) is 11.5. The summed E-state index contributed by atoms with van der Waals surface area (Å²) in [6, 6.07) is 18.3. The minimum atomic E-state index is -0.325. The lowest BCUT2D eigenvalue weighted by molar-refractivity contribution is 0.0974. The summed E-state index contributed by atoms with van der Waals surface area (Å²) in [4.78, 5) is 23.4. The number of hydrogen-bond donors (Lipinski definition) is 0. The Kier molecular flexibility index (Phi) is 4.53. The molecule has 1 unspecified atom stereocenters. The molecule has 0 spiro atoms. The number of para-hydroxylation sites is 2. The number of fused-ring (bicyclic) bond motifs is 3. The fourth-order valence-electron chi connectivity index (χ4n) is 4.63. The average Bonchev–Trinajstić information content (AvgIpc) is 3.59. The number of thiophene rings is 1. The first-order valence-electron chi connectivity index (χ1n) is 10.6. The third-order valence-electron chi connectivity index (χ3n) is 6.11. The summed E-state index contributed by atoms with van der Waals surface area (Å²) in [5, 5.41) is 6.54. The number of halogens is 1. The largest absolute Gasteiger partial charge is 0.365 e. The summed E-state index contributed by atoms with van der Waals surface area (Å²) < 4.78 is 15.1. The van der Waals surface area contributed by atoms with Gasteiger partial charge >= 0.3 is 0 Å². The molecule has 1 saturated heterocycles. The van der Waals surface area contributed by atoms with Crippen molar-refractivity contribution in [3.05, 3.63) is 77.7 Å². The second-order valence-electron chi connectivity index (χ2n) is 8.02. The minimum absolute atomic E-state index is 0.138. The average molecular weight is 446 g/mol. The van der Waals surface area contributed by atoms with Crippen molar-refractivity contribution in [1.29, 1.82) is 0 Å². The number of hydrogen-bond acceptors (Lipinski definition) is 5. The lowest BCUT2D eigenvalue weighted by Crippen LogP contribution is -2.48. The van der Waals surface area contributed by atoms with Crippen LogP contribution in [0.25, 0.3) is 16.4 Å². The molecule has 1 fully saturated rings. The number of rotatable bonds is 3. The van der Waals surface area contributed by atoms with Crippen LogP contribution < -0.4 is 9.80 Å². The Balaban J connectivity index is 1.43. The Hall–Kier alpha value is -3.52. The maximum Gasteiger partial charge on any atom is 0.298 e. The quantitative estimate of drug-likeness (QED) is 0.456. The highest BCUT2D eigenvalue weighted by molar-refractivity contribution is 7.13. The van der Waals surface area contributed by atoms with Crippen molar-refractivity contribution in [3.63, 3.8) is 0 Å². The fraction of sp³-hybridized carbons (Fsp3) is 0.208. The van der Waals surface area contributed by atoms with E-state index in [0.29, 0.717) is 24.1 Å². The van der Waals surface area contributed by atoms with Crippen molar-refractivity contribution >= 4 is 28.6 Å². The van der Waals surface area contributed by atoms with Gasteiger partial charge in [-0.3, -0.25) is 4.79 Å². The van der Waals surface area contributed by atoms with E-state index in [1.54, 1.807) is 16.8 Å². The molecule has 2 aliphatic rings. The second-order valence-corrected chi connectivity index (χ2v) is 8.97. The van der Waals surface area contributed by atoms with E-state index in [1.165, 1.54) is 23.5 Å². The maximum absolute atomic E-state index is 13.7. The van der Waals surface area contributed by atoms with Crippen LogP contribution in [0, 0.1) is 5.82 Å². The van der Waals surface area contributed by atoms with Gasteiger partial charge in [0.05, 0.1) is 21.9 Å². The van der Waals surface area contributed by atoms with E-state index >= 15 is 0 Å². The highest BCUT2D eigenvalue weighted by atomic mass is 32.1. The molecule has 2 aromatic carbocycles. The molecule has 0 saturated carbocycles. The molecule has 4 aromatic rings. The van der Waals surface area contributed by atoms with Gasteiger partial charge in [-0.2, -0.15) is 0 Å². The molecule has 0 bridgehead atoms. The van der Waals surface area contributed by atoms with Gasteiger partial charge in [0.15, 0.2) is 5.82 Å². The fourth-order valence-corrected chi connectivity index (χ4v) is 5.33. The molecule has 6 nitrogen and oxygen atoms in total. The van der Waals surface area contributed by atoms with E-state index in [2.05, 4.69) is 21.0 Å². The summed E-state index contributed by atoms with van der Waals surface area (Å²) in [5.74, 6) is 0.165. The van der Waals surface area contributed by atoms with Crippen LogP contribution in [0.15, 0.2) is 66.0 Å². The third-order valence-corrected chi connectivity index (χ3v) is 6.97. The Labute approximate surface area is 188 Å². The van der Waals surface area contributed by atoms with Crippen LogP contribution in [0.5, 0.6) is 0 Å². The zero-order chi connectivity index (χ0) is 21.7. The molecule has 1 atom stereocenters. The number of carbonyl (C=O) groups excluding carboxylic acids is 1. The number of benzene rings is 2. The number of carbonyl (C=O) groups is 1. The smallest absolute Gasteiger partial charge is 0.298 e. The van der Waals surface area contributed by atoms with Gasteiger partial charge < -0.3 is 9.80 Å². The Morgan fingerprint density at radius 2 is 1.84 bits per heavy atom. The maximum atomic E-state index is 13.7. The lowest BCUT2D eigenvalue weighted by Gasteiger charge is -2.39. The molecular formula is C24H20FN5OS. The molecule has 0 N–H and O–H groups in total. The van der Waals surface area contributed by atoms with E-state index in [4.69, 9.17) is 0 Å². The summed E-state index contributed by atoms with van der Waals surface area (Å²) in [6.07, 6.45) is 2.19. The van der Waals surface area contributed by atoms with E-state index in [-0.39, 0.29) is 17.5 Å². The summed E-state index contributed by atoms with van der Waals surface area (Å²) in [6.45, 7) is 1.64. The normalized spacial score (nSPS) is 17.3. The van der Waals surface area contributed by atoms with E-state index < -0.39 is 0 Å². The summed E-state index contributed by atoms with van der Waals surface area (Å²) >= 11 is 1.52. The summed E-state index contributed by atoms with van der Waals surface area (Å²) in [5.41, 5.74) is 2.64. The van der Waals surface area contributed by atoms with E-state index in [1.807, 2.05) is 40.6 Å². The molecule has 4 heterocycles. The zero-order valence-corrected chi connectivity index (χ0v) is 18.0. The van der Waals surface area contributed by atoms with Gasteiger partial charge in [0, 0.05) is 19.1 Å². The van der Waals surface area contributed by atoms with Crippen molar-refractivity contribution in [2.24, 2.45) is 0 Å². The van der Waals surface area contributed by atoms with Gasteiger partial charge in [-0.05, 0) is 60.7 Å². The minimum Gasteiger partial charge on any atom is -0.365 e. The SMILES string of the molecule is O=C(c1nc(-c2cccs2)n(-c2ccc(F)cc2)n1)N1CC2CCCN2c2ccccc21. The standard InChI is InChI=1S/C24H20FN5OS/c25-16-9-11-17(12-10-16)30-23(21-8-4-14-32-21)26-22(27-30)24(31)29-15-18-5-3-13-28(18)19-6-1-2-7-20(19)29/h1-2,4,6-12,14,18H,3,5,13,15H2. The number of anilines is 2.